The zero-order chi connectivity index (χ0) is 13.5. The lowest BCUT2D eigenvalue weighted by Gasteiger charge is -2.18. The molecule has 0 radical (unpaired) electrons. The average molecular weight is 250 g/mol. The van der Waals surface area contributed by atoms with E-state index in [0.717, 1.165) is 0 Å². The van der Waals surface area contributed by atoms with Gasteiger partial charge in [-0.25, -0.2) is 0 Å². The number of benzene rings is 1. The van der Waals surface area contributed by atoms with Crippen LogP contribution in [0.1, 0.15) is 23.7 Å². The van der Waals surface area contributed by atoms with E-state index < -0.39 is 0 Å². The van der Waals surface area contributed by atoms with E-state index in [2.05, 4.69) is 5.32 Å². The number of hydrogen-bond acceptors (Lipinski definition) is 3. The lowest BCUT2D eigenvalue weighted by molar-refractivity contribution is -0.116. The number of rotatable bonds is 5. The molecule has 98 valence electrons. The topological polar surface area (TPSA) is 69.6 Å². The molecule has 5 heteroatoms. The summed E-state index contributed by atoms with van der Waals surface area (Å²) in [7, 11) is 1.63. The van der Waals surface area contributed by atoms with Crippen molar-refractivity contribution in [1.82, 2.24) is 5.32 Å². The smallest absolute Gasteiger partial charge is 0.253 e. The van der Waals surface area contributed by atoms with Crippen molar-refractivity contribution in [1.29, 1.82) is 0 Å². The summed E-state index contributed by atoms with van der Waals surface area (Å²) in [5, 5.41) is 11.4. The van der Waals surface area contributed by atoms with Crippen LogP contribution in [0.15, 0.2) is 24.3 Å². The fourth-order valence-corrected chi connectivity index (χ4v) is 1.50. The summed E-state index contributed by atoms with van der Waals surface area (Å²) in [5.74, 6) is -0.377. The molecule has 2 amide bonds. The maximum absolute atomic E-state index is 11.9. The van der Waals surface area contributed by atoms with E-state index in [4.69, 9.17) is 5.11 Å². The number of para-hydroxylation sites is 1. The number of anilines is 1. The van der Waals surface area contributed by atoms with Gasteiger partial charge < -0.3 is 15.3 Å². The van der Waals surface area contributed by atoms with Gasteiger partial charge in [-0.3, -0.25) is 9.59 Å². The van der Waals surface area contributed by atoms with Crippen LogP contribution in [0.4, 0.5) is 5.69 Å². The molecule has 0 aromatic heterocycles. The molecule has 0 spiro atoms. The lowest BCUT2D eigenvalue weighted by atomic mass is 10.1. The first-order chi connectivity index (χ1) is 8.57. The molecule has 1 aromatic carbocycles. The molecular formula is C13H18N2O3. The van der Waals surface area contributed by atoms with Crippen LogP contribution >= 0.6 is 0 Å². The van der Waals surface area contributed by atoms with Crippen LogP contribution in [0.3, 0.4) is 0 Å². The molecule has 0 aliphatic rings. The van der Waals surface area contributed by atoms with E-state index in [1.165, 1.54) is 11.8 Å². The lowest BCUT2D eigenvalue weighted by Crippen LogP contribution is -2.29. The van der Waals surface area contributed by atoms with Crippen LogP contribution in [0, 0.1) is 0 Å². The fraction of sp³-hybridized carbons (Fsp3) is 0.385. The number of hydrogen-bond donors (Lipinski definition) is 2. The number of aliphatic hydroxyl groups is 1. The summed E-state index contributed by atoms with van der Waals surface area (Å²) in [6, 6.07) is 6.92. The predicted octanol–water partition coefficient (Wildman–Crippen LogP) is 0.781. The van der Waals surface area contributed by atoms with Crippen molar-refractivity contribution in [3.05, 3.63) is 29.8 Å². The van der Waals surface area contributed by atoms with Crippen molar-refractivity contribution < 1.29 is 14.7 Å². The largest absolute Gasteiger partial charge is 0.396 e. The van der Waals surface area contributed by atoms with Gasteiger partial charge in [-0.05, 0) is 18.6 Å². The zero-order valence-corrected chi connectivity index (χ0v) is 10.6. The molecule has 0 atom stereocenters. The summed E-state index contributed by atoms with van der Waals surface area (Å²) in [6.07, 6.45) is 0.510. The highest BCUT2D eigenvalue weighted by atomic mass is 16.3. The van der Waals surface area contributed by atoms with E-state index in [-0.39, 0.29) is 18.4 Å². The van der Waals surface area contributed by atoms with E-state index in [1.54, 1.807) is 31.3 Å². The van der Waals surface area contributed by atoms with E-state index in [1.807, 2.05) is 0 Å². The van der Waals surface area contributed by atoms with Gasteiger partial charge in [0.15, 0.2) is 0 Å². The second-order valence-corrected chi connectivity index (χ2v) is 3.93. The van der Waals surface area contributed by atoms with Gasteiger partial charge in [0.05, 0.1) is 11.3 Å². The Morgan fingerprint density at radius 2 is 2.00 bits per heavy atom. The van der Waals surface area contributed by atoms with Crippen molar-refractivity contribution in [2.75, 3.05) is 25.1 Å². The molecule has 0 saturated heterocycles. The van der Waals surface area contributed by atoms with Gasteiger partial charge in [0, 0.05) is 27.1 Å². The van der Waals surface area contributed by atoms with Crippen LogP contribution in [-0.2, 0) is 4.79 Å². The molecule has 0 aliphatic heterocycles. The van der Waals surface area contributed by atoms with Crippen molar-refractivity contribution >= 4 is 17.5 Å². The van der Waals surface area contributed by atoms with Gasteiger partial charge in [0.1, 0.15) is 0 Å². The number of amides is 2. The van der Waals surface area contributed by atoms with Gasteiger partial charge in [-0.2, -0.15) is 0 Å². The maximum atomic E-state index is 11.9. The minimum absolute atomic E-state index is 0.0370. The highest BCUT2D eigenvalue weighted by molar-refractivity contribution is 6.04. The van der Waals surface area contributed by atoms with Gasteiger partial charge in [0.2, 0.25) is 5.91 Å². The molecule has 0 fully saturated rings. The Bertz CT molecular complexity index is 432. The van der Waals surface area contributed by atoms with Crippen molar-refractivity contribution in [2.24, 2.45) is 0 Å². The van der Waals surface area contributed by atoms with Crippen LogP contribution in [0.5, 0.6) is 0 Å². The third kappa shape index (κ3) is 3.56. The van der Waals surface area contributed by atoms with Crippen molar-refractivity contribution in [2.45, 2.75) is 13.3 Å². The highest BCUT2D eigenvalue weighted by Crippen LogP contribution is 2.19. The van der Waals surface area contributed by atoms with Crippen LogP contribution in [0.2, 0.25) is 0 Å². The fourth-order valence-electron chi connectivity index (χ4n) is 1.50. The first-order valence-corrected chi connectivity index (χ1v) is 5.80. The third-order valence-electron chi connectivity index (χ3n) is 2.60. The minimum Gasteiger partial charge on any atom is -0.396 e. The Hall–Kier alpha value is -1.88. The van der Waals surface area contributed by atoms with Crippen molar-refractivity contribution in [3.8, 4) is 0 Å². The summed E-state index contributed by atoms with van der Waals surface area (Å²) >= 11 is 0. The molecule has 18 heavy (non-hydrogen) atoms. The number of carbonyl (C=O) groups excluding carboxylic acids is 2. The first-order valence-electron chi connectivity index (χ1n) is 5.80. The maximum Gasteiger partial charge on any atom is 0.253 e. The van der Waals surface area contributed by atoms with Crippen LogP contribution < -0.4 is 10.2 Å². The van der Waals surface area contributed by atoms with E-state index in [0.29, 0.717) is 24.2 Å². The molecule has 0 saturated carbocycles. The average Bonchev–Trinajstić information content (AvgIpc) is 2.38. The molecule has 0 aliphatic carbocycles. The van der Waals surface area contributed by atoms with Crippen molar-refractivity contribution in [3.63, 3.8) is 0 Å². The van der Waals surface area contributed by atoms with Gasteiger partial charge in [-0.15, -0.1) is 0 Å². The number of nitrogens with zero attached hydrogens (tertiary/aromatic N) is 1. The van der Waals surface area contributed by atoms with E-state index >= 15 is 0 Å². The Morgan fingerprint density at radius 3 is 2.61 bits per heavy atom. The Labute approximate surface area is 106 Å². The van der Waals surface area contributed by atoms with Gasteiger partial charge in [0.25, 0.3) is 5.91 Å². The second-order valence-electron chi connectivity index (χ2n) is 3.93. The quantitative estimate of drug-likeness (QED) is 0.759. The molecule has 1 aromatic rings. The Morgan fingerprint density at radius 1 is 1.33 bits per heavy atom. The first kappa shape index (κ1) is 14.2. The molecule has 2 N–H and O–H groups in total. The highest BCUT2D eigenvalue weighted by Gasteiger charge is 2.15. The third-order valence-corrected chi connectivity index (χ3v) is 2.60. The standard InChI is InChI=1S/C13H18N2O3/c1-10(17)15(2)12-7-4-3-6-11(12)13(18)14-8-5-9-16/h3-4,6-7,16H,5,8-9H2,1-2H3,(H,14,18). The van der Waals surface area contributed by atoms with Gasteiger partial charge >= 0.3 is 0 Å². The summed E-state index contributed by atoms with van der Waals surface area (Å²) in [6.45, 7) is 1.89. The Balaban J connectivity index is 2.88. The van der Waals surface area contributed by atoms with E-state index in [9.17, 15) is 9.59 Å². The molecule has 0 bridgehead atoms. The van der Waals surface area contributed by atoms with Gasteiger partial charge in [-0.1, -0.05) is 12.1 Å². The summed E-state index contributed by atoms with van der Waals surface area (Å²) < 4.78 is 0. The SMILES string of the molecule is CC(=O)N(C)c1ccccc1C(=O)NCCCO. The van der Waals surface area contributed by atoms with Crippen LogP contribution in [0.25, 0.3) is 0 Å². The Kier molecular flexibility index (Phi) is 5.32. The molecular weight excluding hydrogens is 232 g/mol. The molecule has 0 heterocycles. The second kappa shape index (κ2) is 6.76. The number of carbonyl (C=O) groups is 2. The molecule has 5 nitrogen and oxygen atoms in total. The normalized spacial score (nSPS) is 9.94. The minimum atomic E-state index is -0.243. The summed E-state index contributed by atoms with van der Waals surface area (Å²) in [4.78, 5) is 24.7. The number of aliphatic hydroxyl groups excluding tert-OH is 1. The molecule has 0 unspecified atom stereocenters. The summed E-state index contributed by atoms with van der Waals surface area (Å²) in [5.41, 5.74) is 1.03. The van der Waals surface area contributed by atoms with Crippen LogP contribution in [-0.4, -0.2) is 37.1 Å². The zero-order valence-electron chi connectivity index (χ0n) is 10.6. The molecule has 1 rings (SSSR count). The monoisotopic (exact) mass is 250 g/mol. The number of nitrogens with one attached hydrogen (secondary N) is 1. The predicted molar refractivity (Wildman–Crippen MR) is 69.6 cm³/mol.